The summed E-state index contributed by atoms with van der Waals surface area (Å²) < 4.78 is 4.35. The molecule has 0 atom stereocenters. The average Bonchev–Trinajstić information content (AvgIpc) is 3.12. The molecule has 0 saturated heterocycles. The van der Waals surface area contributed by atoms with Gasteiger partial charge in [0.25, 0.3) is 0 Å². The highest BCUT2D eigenvalue weighted by atomic mass is 15.1. The van der Waals surface area contributed by atoms with Gasteiger partial charge in [-0.3, -0.25) is 0 Å². The van der Waals surface area contributed by atoms with E-state index >= 15 is 0 Å². The van der Waals surface area contributed by atoms with Gasteiger partial charge in [0.1, 0.15) is 0 Å². The maximum absolute atomic E-state index is 4.18. The first-order chi connectivity index (χ1) is 10.3. The molecule has 21 heavy (non-hydrogen) atoms. The Balaban J connectivity index is 1.57. The van der Waals surface area contributed by atoms with Gasteiger partial charge in [-0.15, -0.1) is 0 Å². The van der Waals surface area contributed by atoms with E-state index in [1.54, 1.807) is 0 Å². The van der Waals surface area contributed by atoms with Gasteiger partial charge in [0.05, 0.1) is 18.6 Å². The van der Waals surface area contributed by atoms with Gasteiger partial charge in [-0.2, -0.15) is 0 Å². The van der Waals surface area contributed by atoms with E-state index in [9.17, 15) is 0 Å². The number of nitrogens with one attached hydrogen (secondary N) is 1. The lowest BCUT2D eigenvalue weighted by atomic mass is 10.1. The van der Waals surface area contributed by atoms with Crippen LogP contribution >= 0.6 is 0 Å². The lowest BCUT2D eigenvalue weighted by Gasteiger charge is -2.07. The van der Waals surface area contributed by atoms with Gasteiger partial charge < -0.3 is 14.5 Å². The monoisotopic (exact) mass is 280 g/mol. The molecule has 2 heterocycles. The normalized spacial score (nSPS) is 14.9. The molecule has 1 N–H and O–H groups in total. The summed E-state index contributed by atoms with van der Waals surface area (Å²) in [6.07, 6.45) is 8.62. The van der Waals surface area contributed by atoms with Gasteiger partial charge in [-0.1, -0.05) is 6.07 Å². The number of aryl methyl sites for hydroxylation is 1. The van der Waals surface area contributed by atoms with Crippen molar-refractivity contribution in [2.45, 2.75) is 32.0 Å². The summed E-state index contributed by atoms with van der Waals surface area (Å²) in [6.45, 7) is 1.84. The zero-order valence-corrected chi connectivity index (χ0v) is 12.3. The van der Waals surface area contributed by atoms with E-state index in [-0.39, 0.29) is 0 Å². The van der Waals surface area contributed by atoms with E-state index < -0.39 is 0 Å². The first kappa shape index (κ1) is 12.7. The molecular weight excluding hydrogens is 260 g/mol. The first-order valence-electron chi connectivity index (χ1n) is 7.56. The van der Waals surface area contributed by atoms with E-state index in [2.05, 4.69) is 49.9 Å². The Labute approximate surface area is 124 Å². The first-order valence-corrected chi connectivity index (χ1v) is 7.56. The highest BCUT2D eigenvalue weighted by molar-refractivity contribution is 5.81. The fraction of sp³-hybridized carbons (Fsp3) is 0.353. The van der Waals surface area contributed by atoms with Crippen LogP contribution < -0.4 is 5.32 Å². The zero-order chi connectivity index (χ0) is 14.2. The highest BCUT2D eigenvalue weighted by Gasteiger charge is 2.19. The molecule has 1 aliphatic rings. The lowest BCUT2D eigenvalue weighted by Crippen LogP contribution is -2.15. The van der Waals surface area contributed by atoms with Crippen LogP contribution in [-0.4, -0.2) is 20.2 Å². The summed E-state index contributed by atoms with van der Waals surface area (Å²) in [4.78, 5) is 4.18. The van der Waals surface area contributed by atoms with Crippen molar-refractivity contribution in [3.05, 3.63) is 54.2 Å². The fourth-order valence-electron chi connectivity index (χ4n) is 2.76. The predicted octanol–water partition coefficient (Wildman–Crippen LogP) is 2.68. The molecule has 0 aliphatic heterocycles. The maximum atomic E-state index is 4.18. The lowest BCUT2D eigenvalue weighted by molar-refractivity contribution is 0.688. The van der Waals surface area contributed by atoms with Crippen LogP contribution in [0, 0.1) is 0 Å². The van der Waals surface area contributed by atoms with Crippen molar-refractivity contribution < 1.29 is 0 Å². The van der Waals surface area contributed by atoms with Gasteiger partial charge in [0.2, 0.25) is 0 Å². The van der Waals surface area contributed by atoms with Crippen LogP contribution in [0.3, 0.4) is 0 Å². The molecule has 0 spiro atoms. The van der Waals surface area contributed by atoms with Gasteiger partial charge in [-0.25, -0.2) is 4.98 Å². The van der Waals surface area contributed by atoms with Gasteiger partial charge in [-0.05, 0) is 42.0 Å². The number of hydrogen-bond acceptors (Lipinski definition) is 2. The highest BCUT2D eigenvalue weighted by Crippen LogP contribution is 2.21. The van der Waals surface area contributed by atoms with Crippen LogP contribution in [0.15, 0.2) is 43.0 Å². The Morgan fingerprint density at radius 3 is 2.95 bits per heavy atom. The topological polar surface area (TPSA) is 34.8 Å². The summed E-state index contributed by atoms with van der Waals surface area (Å²) in [5.41, 5.74) is 3.87. The number of fused-ring (bicyclic) bond motifs is 1. The SMILES string of the molecule is Cn1cncc1Cn1ccc2cc(CNC3CC3)ccc21. The van der Waals surface area contributed by atoms with E-state index in [4.69, 9.17) is 0 Å². The van der Waals surface area contributed by atoms with E-state index in [1.807, 2.05) is 19.6 Å². The van der Waals surface area contributed by atoms with Crippen LogP contribution in [0.4, 0.5) is 0 Å². The second kappa shape index (κ2) is 5.04. The Morgan fingerprint density at radius 2 is 2.19 bits per heavy atom. The second-order valence-corrected chi connectivity index (χ2v) is 5.99. The van der Waals surface area contributed by atoms with E-state index in [1.165, 1.54) is 35.0 Å². The van der Waals surface area contributed by atoms with Crippen LogP contribution in [0.1, 0.15) is 24.1 Å². The molecule has 1 fully saturated rings. The molecule has 1 saturated carbocycles. The molecule has 0 radical (unpaired) electrons. The molecule has 4 rings (SSSR count). The quantitative estimate of drug-likeness (QED) is 0.780. The molecule has 4 nitrogen and oxygen atoms in total. The van der Waals surface area contributed by atoms with Gasteiger partial charge in [0, 0.05) is 37.5 Å². The number of imidazole rings is 1. The summed E-state index contributed by atoms with van der Waals surface area (Å²) >= 11 is 0. The van der Waals surface area contributed by atoms with E-state index in [0.717, 1.165) is 19.1 Å². The number of rotatable bonds is 5. The average molecular weight is 280 g/mol. The Hall–Kier alpha value is -2.07. The number of nitrogens with zero attached hydrogens (tertiary/aromatic N) is 3. The van der Waals surface area contributed by atoms with Gasteiger partial charge in [0.15, 0.2) is 0 Å². The maximum Gasteiger partial charge on any atom is 0.0946 e. The third kappa shape index (κ3) is 2.59. The van der Waals surface area contributed by atoms with Crippen molar-refractivity contribution >= 4 is 10.9 Å². The third-order valence-corrected chi connectivity index (χ3v) is 4.26. The molecule has 1 aliphatic carbocycles. The smallest absolute Gasteiger partial charge is 0.0946 e. The summed E-state index contributed by atoms with van der Waals surface area (Å²) in [5.74, 6) is 0. The standard InChI is InChI=1S/C17H20N4/c1-20-12-18-10-16(20)11-21-7-6-14-8-13(2-5-17(14)21)9-19-15-3-4-15/h2,5-8,10,12,15,19H,3-4,9,11H2,1H3. The number of benzene rings is 1. The van der Waals surface area contributed by atoms with Crippen molar-refractivity contribution in [3.63, 3.8) is 0 Å². The molecule has 2 aromatic heterocycles. The molecule has 4 heteroatoms. The Bertz CT molecular complexity index is 764. The van der Waals surface area contributed by atoms with Crippen LogP contribution in [-0.2, 0) is 20.1 Å². The molecule has 0 amide bonds. The molecular formula is C17H20N4. The van der Waals surface area contributed by atoms with E-state index in [0.29, 0.717) is 0 Å². The molecule has 1 aromatic carbocycles. The number of hydrogen-bond donors (Lipinski definition) is 1. The third-order valence-electron chi connectivity index (χ3n) is 4.26. The predicted molar refractivity (Wildman–Crippen MR) is 84.1 cm³/mol. The summed E-state index contributed by atoms with van der Waals surface area (Å²) in [7, 11) is 2.04. The second-order valence-electron chi connectivity index (χ2n) is 5.99. The summed E-state index contributed by atoms with van der Waals surface area (Å²) in [6, 6.07) is 9.72. The fourth-order valence-corrected chi connectivity index (χ4v) is 2.76. The van der Waals surface area contributed by atoms with Crippen LogP contribution in [0.2, 0.25) is 0 Å². The Morgan fingerprint density at radius 1 is 1.29 bits per heavy atom. The van der Waals surface area contributed by atoms with Crippen molar-refractivity contribution in [1.29, 1.82) is 0 Å². The molecule has 0 bridgehead atoms. The van der Waals surface area contributed by atoms with Crippen molar-refractivity contribution in [2.24, 2.45) is 7.05 Å². The van der Waals surface area contributed by atoms with Crippen molar-refractivity contribution in [1.82, 2.24) is 19.4 Å². The zero-order valence-electron chi connectivity index (χ0n) is 12.3. The van der Waals surface area contributed by atoms with Gasteiger partial charge >= 0.3 is 0 Å². The molecule has 0 unspecified atom stereocenters. The molecule has 3 aromatic rings. The Kier molecular flexibility index (Phi) is 3.04. The minimum absolute atomic E-state index is 0.759. The number of aromatic nitrogens is 3. The van der Waals surface area contributed by atoms with Crippen molar-refractivity contribution in [2.75, 3.05) is 0 Å². The molecule has 108 valence electrons. The largest absolute Gasteiger partial charge is 0.341 e. The van der Waals surface area contributed by atoms with Crippen molar-refractivity contribution in [3.8, 4) is 0 Å². The summed E-state index contributed by atoms with van der Waals surface area (Å²) in [5, 5.41) is 4.88. The minimum Gasteiger partial charge on any atom is -0.341 e. The van der Waals surface area contributed by atoms with Crippen LogP contribution in [0.25, 0.3) is 10.9 Å². The van der Waals surface area contributed by atoms with Crippen LogP contribution in [0.5, 0.6) is 0 Å². The minimum atomic E-state index is 0.759.